The maximum Gasteiger partial charge on any atom is 0.240 e. The SMILES string of the molecule is CN1CCCN(Cc2cccnc2)C(=O)C1CCN. The third-order valence-electron chi connectivity index (χ3n) is 3.60. The number of hydrogen-bond acceptors (Lipinski definition) is 4. The number of nitrogens with zero attached hydrogens (tertiary/aromatic N) is 3. The first-order chi connectivity index (χ1) is 9.22. The van der Waals surface area contributed by atoms with Crippen LogP contribution >= 0.6 is 0 Å². The van der Waals surface area contributed by atoms with Crippen LogP contribution in [0.1, 0.15) is 18.4 Å². The van der Waals surface area contributed by atoms with E-state index < -0.39 is 0 Å². The van der Waals surface area contributed by atoms with Crippen LogP contribution in [-0.4, -0.2) is 53.4 Å². The molecule has 0 radical (unpaired) electrons. The molecular formula is C14H22N4O. The molecule has 2 N–H and O–H groups in total. The van der Waals surface area contributed by atoms with Gasteiger partial charge in [0.15, 0.2) is 0 Å². The summed E-state index contributed by atoms with van der Waals surface area (Å²) in [6.45, 7) is 2.93. The Morgan fingerprint density at radius 1 is 1.47 bits per heavy atom. The van der Waals surface area contributed by atoms with Crippen molar-refractivity contribution in [1.82, 2.24) is 14.8 Å². The van der Waals surface area contributed by atoms with E-state index in [1.807, 2.05) is 30.3 Å². The number of nitrogens with two attached hydrogens (primary N) is 1. The molecule has 1 aliphatic heterocycles. The number of hydrogen-bond donors (Lipinski definition) is 1. The molecule has 2 heterocycles. The van der Waals surface area contributed by atoms with Crippen LogP contribution in [0.4, 0.5) is 0 Å². The van der Waals surface area contributed by atoms with E-state index in [9.17, 15) is 4.79 Å². The van der Waals surface area contributed by atoms with Crippen LogP contribution in [-0.2, 0) is 11.3 Å². The van der Waals surface area contributed by atoms with Gasteiger partial charge in [-0.2, -0.15) is 0 Å². The minimum absolute atomic E-state index is 0.0795. The second-order valence-corrected chi connectivity index (χ2v) is 5.05. The number of likely N-dealkylation sites (N-methyl/N-ethyl adjacent to an activating group) is 1. The molecule has 1 amide bonds. The summed E-state index contributed by atoms with van der Waals surface area (Å²) in [6, 6.07) is 3.83. The maximum absolute atomic E-state index is 12.6. The fraction of sp³-hybridized carbons (Fsp3) is 0.571. The molecule has 1 aromatic rings. The van der Waals surface area contributed by atoms with E-state index in [4.69, 9.17) is 5.73 Å². The van der Waals surface area contributed by atoms with Gasteiger partial charge in [-0.05, 0) is 38.1 Å². The Labute approximate surface area is 114 Å². The lowest BCUT2D eigenvalue weighted by Crippen LogP contribution is -2.45. The van der Waals surface area contributed by atoms with Gasteiger partial charge in [0.25, 0.3) is 0 Å². The predicted octanol–water partition coefficient (Wildman–Crippen LogP) is 0.463. The highest BCUT2D eigenvalue weighted by Crippen LogP contribution is 2.15. The predicted molar refractivity (Wildman–Crippen MR) is 74.4 cm³/mol. The molecule has 1 unspecified atom stereocenters. The van der Waals surface area contributed by atoms with Gasteiger partial charge in [-0.15, -0.1) is 0 Å². The molecule has 1 saturated heterocycles. The highest BCUT2D eigenvalue weighted by atomic mass is 16.2. The zero-order valence-electron chi connectivity index (χ0n) is 11.5. The summed E-state index contributed by atoms with van der Waals surface area (Å²) >= 11 is 0. The fourth-order valence-corrected chi connectivity index (χ4v) is 2.55. The molecule has 104 valence electrons. The molecule has 19 heavy (non-hydrogen) atoms. The summed E-state index contributed by atoms with van der Waals surface area (Å²) in [5.41, 5.74) is 6.70. The molecule has 5 heteroatoms. The maximum atomic E-state index is 12.6. The largest absolute Gasteiger partial charge is 0.337 e. The second kappa shape index (κ2) is 6.63. The van der Waals surface area contributed by atoms with E-state index in [2.05, 4.69) is 9.88 Å². The van der Waals surface area contributed by atoms with Crippen molar-refractivity contribution in [3.8, 4) is 0 Å². The van der Waals surface area contributed by atoms with Gasteiger partial charge < -0.3 is 10.6 Å². The Bertz CT molecular complexity index is 409. The zero-order chi connectivity index (χ0) is 13.7. The third-order valence-corrected chi connectivity index (χ3v) is 3.60. The van der Waals surface area contributed by atoms with Gasteiger partial charge in [0, 0.05) is 32.0 Å². The Morgan fingerprint density at radius 2 is 2.32 bits per heavy atom. The molecule has 0 saturated carbocycles. The molecule has 1 aromatic heterocycles. The number of amides is 1. The van der Waals surface area contributed by atoms with Crippen LogP contribution in [0.3, 0.4) is 0 Å². The first kappa shape index (κ1) is 14.0. The van der Waals surface area contributed by atoms with Crippen LogP contribution < -0.4 is 5.73 Å². The number of rotatable bonds is 4. The second-order valence-electron chi connectivity index (χ2n) is 5.05. The van der Waals surface area contributed by atoms with Crippen molar-refractivity contribution < 1.29 is 4.79 Å². The number of carbonyl (C=O) groups excluding carboxylic acids is 1. The lowest BCUT2D eigenvalue weighted by Gasteiger charge is -2.27. The van der Waals surface area contributed by atoms with Crippen molar-refractivity contribution in [3.05, 3.63) is 30.1 Å². The smallest absolute Gasteiger partial charge is 0.240 e. The van der Waals surface area contributed by atoms with Gasteiger partial charge in [0.1, 0.15) is 0 Å². The molecule has 5 nitrogen and oxygen atoms in total. The average Bonchev–Trinajstić information content (AvgIpc) is 2.55. The molecule has 0 aliphatic carbocycles. The number of carbonyl (C=O) groups is 1. The normalized spacial score (nSPS) is 21.5. The molecular weight excluding hydrogens is 240 g/mol. The van der Waals surface area contributed by atoms with Gasteiger partial charge >= 0.3 is 0 Å². The minimum atomic E-state index is -0.0795. The van der Waals surface area contributed by atoms with Gasteiger partial charge in [-0.25, -0.2) is 0 Å². The lowest BCUT2D eigenvalue weighted by atomic mass is 10.1. The minimum Gasteiger partial charge on any atom is -0.337 e. The molecule has 0 aromatic carbocycles. The standard InChI is InChI=1S/C14H22N4O/c1-17-8-3-9-18(14(19)13(17)5-6-15)11-12-4-2-7-16-10-12/h2,4,7,10,13H,3,5-6,8-9,11,15H2,1H3. The summed E-state index contributed by atoms with van der Waals surface area (Å²) in [7, 11) is 2.01. The number of pyridine rings is 1. The Balaban J connectivity index is 2.09. The lowest BCUT2D eigenvalue weighted by molar-refractivity contribution is -0.135. The van der Waals surface area contributed by atoms with E-state index in [0.29, 0.717) is 13.1 Å². The summed E-state index contributed by atoms with van der Waals surface area (Å²) in [5, 5.41) is 0. The van der Waals surface area contributed by atoms with Crippen LogP contribution in [0.5, 0.6) is 0 Å². The molecule has 0 spiro atoms. The topological polar surface area (TPSA) is 62.5 Å². The first-order valence-electron chi connectivity index (χ1n) is 6.80. The van der Waals surface area contributed by atoms with Crippen LogP contribution in [0.25, 0.3) is 0 Å². The Kier molecular flexibility index (Phi) is 4.87. The van der Waals surface area contributed by atoms with Crippen LogP contribution in [0.2, 0.25) is 0 Å². The quantitative estimate of drug-likeness (QED) is 0.856. The van der Waals surface area contributed by atoms with Crippen molar-refractivity contribution in [3.63, 3.8) is 0 Å². The molecule has 0 bridgehead atoms. The first-order valence-corrected chi connectivity index (χ1v) is 6.80. The average molecular weight is 262 g/mol. The van der Waals surface area contributed by atoms with Gasteiger partial charge in [-0.1, -0.05) is 6.07 Å². The zero-order valence-corrected chi connectivity index (χ0v) is 11.5. The monoisotopic (exact) mass is 262 g/mol. The number of aromatic nitrogens is 1. The van der Waals surface area contributed by atoms with Crippen molar-refractivity contribution in [2.75, 3.05) is 26.7 Å². The molecule has 1 aliphatic rings. The third kappa shape index (κ3) is 3.52. The van der Waals surface area contributed by atoms with E-state index in [1.54, 1.807) is 6.20 Å². The summed E-state index contributed by atoms with van der Waals surface area (Å²) in [4.78, 5) is 20.7. The molecule has 1 fully saturated rings. The molecule has 2 rings (SSSR count). The van der Waals surface area contributed by atoms with Crippen molar-refractivity contribution in [2.45, 2.75) is 25.4 Å². The fourth-order valence-electron chi connectivity index (χ4n) is 2.55. The van der Waals surface area contributed by atoms with E-state index in [0.717, 1.165) is 31.5 Å². The van der Waals surface area contributed by atoms with E-state index in [-0.39, 0.29) is 11.9 Å². The van der Waals surface area contributed by atoms with Crippen LogP contribution in [0, 0.1) is 0 Å². The highest BCUT2D eigenvalue weighted by Gasteiger charge is 2.29. The van der Waals surface area contributed by atoms with Crippen LogP contribution in [0.15, 0.2) is 24.5 Å². The summed E-state index contributed by atoms with van der Waals surface area (Å²) in [6.07, 6.45) is 5.29. The van der Waals surface area contributed by atoms with Crippen molar-refractivity contribution >= 4 is 5.91 Å². The van der Waals surface area contributed by atoms with E-state index >= 15 is 0 Å². The Morgan fingerprint density at radius 3 is 3.00 bits per heavy atom. The van der Waals surface area contributed by atoms with Gasteiger partial charge in [0.2, 0.25) is 5.91 Å². The summed E-state index contributed by atoms with van der Waals surface area (Å²) in [5.74, 6) is 0.189. The summed E-state index contributed by atoms with van der Waals surface area (Å²) < 4.78 is 0. The van der Waals surface area contributed by atoms with Crippen molar-refractivity contribution in [2.24, 2.45) is 5.73 Å². The highest BCUT2D eigenvalue weighted by molar-refractivity contribution is 5.82. The Hall–Kier alpha value is -1.46. The van der Waals surface area contributed by atoms with Gasteiger partial charge in [0.05, 0.1) is 6.04 Å². The van der Waals surface area contributed by atoms with E-state index in [1.165, 1.54) is 0 Å². The van der Waals surface area contributed by atoms with Crippen molar-refractivity contribution in [1.29, 1.82) is 0 Å². The van der Waals surface area contributed by atoms with Gasteiger partial charge in [-0.3, -0.25) is 14.7 Å². The molecule has 1 atom stereocenters.